The smallest absolute Gasteiger partial charge is 0.203 e. The van der Waals surface area contributed by atoms with Gasteiger partial charge < -0.3 is 20.4 Å². The third kappa shape index (κ3) is 2.68. The van der Waals surface area contributed by atoms with Gasteiger partial charge in [0.05, 0.1) is 17.6 Å². The van der Waals surface area contributed by atoms with Crippen molar-refractivity contribution >= 4 is 22.7 Å². The van der Waals surface area contributed by atoms with Gasteiger partial charge in [-0.3, -0.25) is 0 Å². The van der Waals surface area contributed by atoms with Gasteiger partial charge in [0.1, 0.15) is 0 Å². The molecule has 5 nitrogen and oxygen atoms in total. The Hall–Kier alpha value is -1.75. The molecule has 0 saturated carbocycles. The molecule has 1 aromatic carbocycles. The molecule has 2 rings (SSSR count). The fourth-order valence-corrected chi connectivity index (χ4v) is 1.65. The molecule has 92 valence electrons. The van der Waals surface area contributed by atoms with Gasteiger partial charge in [0.2, 0.25) is 5.95 Å². The van der Waals surface area contributed by atoms with Crippen LogP contribution in [0.1, 0.15) is 6.92 Å². The molecule has 0 amide bonds. The van der Waals surface area contributed by atoms with Gasteiger partial charge in [-0.25, -0.2) is 4.98 Å². The molecule has 0 radical (unpaired) electrons. The summed E-state index contributed by atoms with van der Waals surface area (Å²) < 4.78 is 5.32. The summed E-state index contributed by atoms with van der Waals surface area (Å²) in [5, 5.41) is 0. The Kier molecular flexibility index (Phi) is 3.49. The Morgan fingerprint density at radius 2 is 2.29 bits per heavy atom. The van der Waals surface area contributed by atoms with Crippen LogP contribution < -0.4 is 10.6 Å². The van der Waals surface area contributed by atoms with Crippen LogP contribution in [0.5, 0.6) is 0 Å². The highest BCUT2D eigenvalue weighted by Gasteiger charge is 2.07. The minimum absolute atomic E-state index is 0.701. The molecule has 0 aliphatic heterocycles. The molecule has 17 heavy (non-hydrogen) atoms. The number of fused-ring (bicyclic) bond motifs is 1. The summed E-state index contributed by atoms with van der Waals surface area (Å²) in [5.41, 5.74) is 8.36. The van der Waals surface area contributed by atoms with Crippen molar-refractivity contribution in [1.29, 1.82) is 0 Å². The number of rotatable bonds is 5. The SMILES string of the molecule is CCOCCN(C)c1nc2ccc(N)cc2[nH]1. The van der Waals surface area contributed by atoms with Gasteiger partial charge in [0.15, 0.2) is 0 Å². The van der Waals surface area contributed by atoms with Crippen molar-refractivity contribution in [2.24, 2.45) is 0 Å². The molecular weight excluding hydrogens is 216 g/mol. The number of aromatic nitrogens is 2. The molecule has 0 aliphatic carbocycles. The van der Waals surface area contributed by atoms with Crippen LogP contribution in [0.4, 0.5) is 11.6 Å². The van der Waals surface area contributed by atoms with Crippen LogP contribution in [0.25, 0.3) is 11.0 Å². The summed E-state index contributed by atoms with van der Waals surface area (Å²) in [4.78, 5) is 9.77. The van der Waals surface area contributed by atoms with Gasteiger partial charge in [0.25, 0.3) is 0 Å². The Morgan fingerprint density at radius 1 is 1.47 bits per heavy atom. The first kappa shape index (κ1) is 11.7. The molecule has 0 spiro atoms. The molecule has 0 unspecified atom stereocenters. The summed E-state index contributed by atoms with van der Waals surface area (Å²) in [7, 11) is 1.99. The predicted molar refractivity (Wildman–Crippen MR) is 70.3 cm³/mol. The third-order valence-electron chi connectivity index (χ3n) is 2.63. The number of hydrogen-bond donors (Lipinski definition) is 2. The van der Waals surface area contributed by atoms with Gasteiger partial charge in [-0.05, 0) is 25.1 Å². The van der Waals surface area contributed by atoms with Crippen LogP contribution in [-0.4, -0.2) is 36.8 Å². The highest BCUT2D eigenvalue weighted by Crippen LogP contribution is 2.18. The second-order valence-electron chi connectivity index (χ2n) is 3.96. The number of benzene rings is 1. The highest BCUT2D eigenvalue weighted by molar-refractivity contribution is 5.80. The maximum Gasteiger partial charge on any atom is 0.203 e. The van der Waals surface area contributed by atoms with Crippen LogP contribution in [0.2, 0.25) is 0 Å². The molecule has 0 saturated heterocycles. The Labute approximate surface area is 101 Å². The number of H-pyrrole nitrogens is 1. The van der Waals surface area contributed by atoms with Crippen molar-refractivity contribution in [3.05, 3.63) is 18.2 Å². The van der Waals surface area contributed by atoms with Crippen molar-refractivity contribution in [3.63, 3.8) is 0 Å². The summed E-state index contributed by atoms with van der Waals surface area (Å²) in [6.07, 6.45) is 0. The van der Waals surface area contributed by atoms with E-state index in [1.165, 1.54) is 0 Å². The number of aromatic amines is 1. The number of nitrogens with zero attached hydrogens (tertiary/aromatic N) is 2. The fraction of sp³-hybridized carbons (Fsp3) is 0.417. The number of nitrogens with two attached hydrogens (primary N) is 1. The normalized spacial score (nSPS) is 10.9. The van der Waals surface area contributed by atoms with Crippen molar-refractivity contribution in [3.8, 4) is 0 Å². The van der Waals surface area contributed by atoms with Crippen molar-refractivity contribution in [1.82, 2.24) is 9.97 Å². The van der Waals surface area contributed by atoms with E-state index in [1.54, 1.807) is 0 Å². The van der Waals surface area contributed by atoms with Crippen LogP contribution in [-0.2, 0) is 4.74 Å². The third-order valence-corrected chi connectivity index (χ3v) is 2.63. The molecule has 0 fully saturated rings. The lowest BCUT2D eigenvalue weighted by Crippen LogP contribution is -2.23. The Balaban J connectivity index is 2.12. The zero-order chi connectivity index (χ0) is 12.3. The first-order valence-corrected chi connectivity index (χ1v) is 5.75. The highest BCUT2D eigenvalue weighted by atomic mass is 16.5. The predicted octanol–water partition coefficient (Wildman–Crippen LogP) is 1.62. The van der Waals surface area contributed by atoms with E-state index in [4.69, 9.17) is 10.5 Å². The quantitative estimate of drug-likeness (QED) is 0.609. The van der Waals surface area contributed by atoms with Gasteiger partial charge in [-0.2, -0.15) is 0 Å². The van der Waals surface area contributed by atoms with E-state index in [0.29, 0.717) is 6.61 Å². The molecule has 5 heteroatoms. The van der Waals surface area contributed by atoms with Gasteiger partial charge in [-0.1, -0.05) is 0 Å². The number of anilines is 2. The number of imidazole rings is 1. The van der Waals surface area contributed by atoms with Crippen molar-refractivity contribution in [2.75, 3.05) is 37.4 Å². The number of nitrogens with one attached hydrogen (secondary N) is 1. The maximum absolute atomic E-state index is 5.73. The van der Waals surface area contributed by atoms with Crippen LogP contribution in [0.15, 0.2) is 18.2 Å². The second kappa shape index (κ2) is 5.05. The van der Waals surface area contributed by atoms with E-state index >= 15 is 0 Å². The zero-order valence-electron chi connectivity index (χ0n) is 10.2. The monoisotopic (exact) mass is 234 g/mol. The molecule has 1 aromatic heterocycles. The van der Waals surface area contributed by atoms with Gasteiger partial charge in [-0.15, -0.1) is 0 Å². The molecule has 0 bridgehead atoms. The summed E-state index contributed by atoms with van der Waals surface area (Å²) >= 11 is 0. The number of likely N-dealkylation sites (N-methyl/N-ethyl adjacent to an activating group) is 1. The number of ether oxygens (including phenoxy) is 1. The first-order chi connectivity index (χ1) is 8.20. The minimum atomic E-state index is 0.701. The Morgan fingerprint density at radius 3 is 3.06 bits per heavy atom. The topological polar surface area (TPSA) is 67.2 Å². The minimum Gasteiger partial charge on any atom is -0.399 e. The van der Waals surface area contributed by atoms with Gasteiger partial charge >= 0.3 is 0 Å². The van der Waals surface area contributed by atoms with Gasteiger partial charge in [0, 0.05) is 25.9 Å². The van der Waals surface area contributed by atoms with Crippen LogP contribution in [0.3, 0.4) is 0 Å². The summed E-state index contributed by atoms with van der Waals surface area (Å²) in [6, 6.07) is 5.66. The first-order valence-electron chi connectivity index (χ1n) is 5.75. The molecular formula is C12H18N4O. The van der Waals surface area contributed by atoms with Crippen molar-refractivity contribution in [2.45, 2.75) is 6.92 Å². The molecule has 2 aromatic rings. The van der Waals surface area contributed by atoms with E-state index in [9.17, 15) is 0 Å². The van der Waals surface area contributed by atoms with E-state index in [1.807, 2.05) is 37.1 Å². The largest absolute Gasteiger partial charge is 0.399 e. The lowest BCUT2D eigenvalue weighted by Gasteiger charge is -2.15. The second-order valence-corrected chi connectivity index (χ2v) is 3.96. The van der Waals surface area contributed by atoms with E-state index < -0.39 is 0 Å². The zero-order valence-corrected chi connectivity index (χ0v) is 10.2. The number of hydrogen-bond acceptors (Lipinski definition) is 4. The lowest BCUT2D eigenvalue weighted by molar-refractivity contribution is 0.154. The standard InChI is InChI=1S/C12H18N4O/c1-3-17-7-6-16(2)12-14-10-5-4-9(13)8-11(10)15-12/h4-5,8H,3,6-7,13H2,1-2H3,(H,14,15). The maximum atomic E-state index is 5.73. The molecule has 1 heterocycles. The fourth-order valence-electron chi connectivity index (χ4n) is 1.65. The lowest BCUT2D eigenvalue weighted by atomic mass is 10.3. The average molecular weight is 234 g/mol. The molecule has 0 aliphatic rings. The van der Waals surface area contributed by atoms with E-state index in [-0.39, 0.29) is 0 Å². The molecule has 3 N–H and O–H groups in total. The van der Waals surface area contributed by atoms with E-state index in [0.717, 1.165) is 35.8 Å². The van der Waals surface area contributed by atoms with Crippen LogP contribution >= 0.6 is 0 Å². The molecule has 0 atom stereocenters. The van der Waals surface area contributed by atoms with Crippen LogP contribution in [0, 0.1) is 0 Å². The Bertz CT molecular complexity index is 494. The summed E-state index contributed by atoms with van der Waals surface area (Å²) in [6.45, 7) is 4.24. The van der Waals surface area contributed by atoms with E-state index in [2.05, 4.69) is 9.97 Å². The summed E-state index contributed by atoms with van der Waals surface area (Å²) in [5.74, 6) is 0.838. The average Bonchev–Trinajstić information content (AvgIpc) is 2.72. The number of nitrogen functional groups attached to an aromatic ring is 1. The van der Waals surface area contributed by atoms with Crippen molar-refractivity contribution < 1.29 is 4.74 Å².